The lowest BCUT2D eigenvalue weighted by atomic mass is 10.2. The van der Waals surface area contributed by atoms with Crippen LogP contribution in [-0.4, -0.2) is 51.2 Å². The largest absolute Gasteiger partial charge is 0.493 e. The first-order valence-electron chi connectivity index (χ1n) is 7.36. The molecule has 1 saturated carbocycles. The molecule has 0 radical (unpaired) electrons. The van der Waals surface area contributed by atoms with Crippen molar-refractivity contribution in [3.8, 4) is 11.5 Å². The van der Waals surface area contributed by atoms with E-state index in [0.717, 1.165) is 6.42 Å². The molecule has 23 heavy (non-hydrogen) atoms. The molecule has 1 amide bonds. The van der Waals surface area contributed by atoms with Gasteiger partial charge in [0.2, 0.25) is 15.9 Å². The highest BCUT2D eigenvalue weighted by atomic mass is 32.2. The molecule has 8 heteroatoms. The van der Waals surface area contributed by atoms with Crippen molar-refractivity contribution in [2.75, 3.05) is 33.1 Å². The van der Waals surface area contributed by atoms with E-state index in [2.05, 4.69) is 5.32 Å². The second kappa shape index (κ2) is 5.38. The number of nitrogens with one attached hydrogen (secondary N) is 1. The number of hydrogen-bond acceptors (Lipinski definition) is 5. The predicted molar refractivity (Wildman–Crippen MR) is 85.2 cm³/mol. The smallest absolute Gasteiger partial charge is 0.247 e. The van der Waals surface area contributed by atoms with E-state index >= 15 is 0 Å². The SMILES string of the molecule is COc1ccc(NC(=O)[C@]23C[C@H]2CCN(C)S3(=O)=O)cc1OC. The number of amides is 1. The second-order valence-corrected chi connectivity index (χ2v) is 8.23. The number of ether oxygens (including phenoxy) is 2. The van der Waals surface area contributed by atoms with E-state index in [1.54, 1.807) is 18.2 Å². The molecule has 0 bridgehead atoms. The minimum absolute atomic E-state index is 0.0937. The van der Waals surface area contributed by atoms with Crippen LogP contribution in [0.5, 0.6) is 11.5 Å². The minimum Gasteiger partial charge on any atom is -0.493 e. The van der Waals surface area contributed by atoms with Gasteiger partial charge in [-0.15, -0.1) is 0 Å². The van der Waals surface area contributed by atoms with E-state index in [1.807, 2.05) is 0 Å². The lowest BCUT2D eigenvalue weighted by Crippen LogP contribution is -2.50. The van der Waals surface area contributed by atoms with Crippen LogP contribution in [-0.2, 0) is 14.8 Å². The zero-order valence-corrected chi connectivity index (χ0v) is 14.1. The molecule has 2 atom stereocenters. The average Bonchev–Trinajstić information content (AvgIpc) is 3.28. The second-order valence-electron chi connectivity index (χ2n) is 5.93. The van der Waals surface area contributed by atoms with Crippen LogP contribution in [0.4, 0.5) is 5.69 Å². The highest BCUT2D eigenvalue weighted by Crippen LogP contribution is 2.56. The molecule has 126 valence electrons. The Labute approximate surface area is 135 Å². The molecule has 1 aromatic rings. The third kappa shape index (κ3) is 2.28. The zero-order chi connectivity index (χ0) is 16.8. The molecule has 2 aliphatic rings. The maximum atomic E-state index is 12.7. The normalized spacial score (nSPS) is 28.6. The first-order valence-corrected chi connectivity index (χ1v) is 8.80. The van der Waals surface area contributed by atoms with Gasteiger partial charge in [-0.3, -0.25) is 4.79 Å². The maximum Gasteiger partial charge on any atom is 0.247 e. The molecular formula is C15H20N2O5S. The molecule has 1 heterocycles. The van der Waals surface area contributed by atoms with Gasteiger partial charge in [-0.05, 0) is 30.9 Å². The Morgan fingerprint density at radius 3 is 2.65 bits per heavy atom. The van der Waals surface area contributed by atoms with Gasteiger partial charge in [0.05, 0.1) is 14.2 Å². The predicted octanol–water partition coefficient (Wildman–Crippen LogP) is 1.07. The van der Waals surface area contributed by atoms with Gasteiger partial charge in [-0.25, -0.2) is 12.7 Å². The van der Waals surface area contributed by atoms with Gasteiger partial charge in [0.25, 0.3) is 0 Å². The molecule has 1 aromatic carbocycles. The van der Waals surface area contributed by atoms with Crippen molar-refractivity contribution >= 4 is 21.6 Å². The van der Waals surface area contributed by atoms with E-state index in [1.165, 1.54) is 25.6 Å². The number of nitrogens with zero attached hydrogens (tertiary/aromatic N) is 1. The van der Waals surface area contributed by atoms with Crippen LogP contribution >= 0.6 is 0 Å². The molecule has 0 unspecified atom stereocenters. The number of benzene rings is 1. The lowest BCUT2D eigenvalue weighted by molar-refractivity contribution is -0.117. The van der Waals surface area contributed by atoms with Crippen molar-refractivity contribution in [3.05, 3.63) is 18.2 Å². The van der Waals surface area contributed by atoms with Gasteiger partial charge in [-0.2, -0.15) is 0 Å². The Balaban J connectivity index is 1.86. The number of hydrogen-bond donors (Lipinski definition) is 1. The first kappa shape index (κ1) is 16.1. The van der Waals surface area contributed by atoms with Gasteiger partial charge in [0, 0.05) is 25.3 Å². The summed E-state index contributed by atoms with van der Waals surface area (Å²) in [6.07, 6.45) is 1.11. The molecule has 2 fully saturated rings. The van der Waals surface area contributed by atoms with Gasteiger partial charge >= 0.3 is 0 Å². The molecule has 1 aliphatic carbocycles. The van der Waals surface area contributed by atoms with E-state index in [-0.39, 0.29) is 5.92 Å². The number of fused-ring (bicyclic) bond motifs is 1. The first-order chi connectivity index (χ1) is 10.9. The summed E-state index contributed by atoms with van der Waals surface area (Å²) in [5, 5.41) is 2.72. The summed E-state index contributed by atoms with van der Waals surface area (Å²) >= 11 is 0. The number of anilines is 1. The van der Waals surface area contributed by atoms with Gasteiger partial charge in [-0.1, -0.05) is 0 Å². The van der Waals surface area contributed by atoms with Crippen LogP contribution < -0.4 is 14.8 Å². The molecule has 7 nitrogen and oxygen atoms in total. The van der Waals surface area contributed by atoms with Crippen molar-refractivity contribution in [2.24, 2.45) is 5.92 Å². The lowest BCUT2D eigenvalue weighted by Gasteiger charge is -2.28. The summed E-state index contributed by atoms with van der Waals surface area (Å²) in [4.78, 5) is 12.7. The number of rotatable bonds is 4. The molecule has 1 N–H and O–H groups in total. The third-order valence-electron chi connectivity index (χ3n) is 4.74. The summed E-state index contributed by atoms with van der Waals surface area (Å²) in [5.74, 6) is 0.446. The Bertz CT molecular complexity index is 748. The minimum atomic E-state index is -3.61. The highest BCUT2D eigenvalue weighted by Gasteiger charge is 2.71. The molecule has 0 spiro atoms. The summed E-state index contributed by atoms with van der Waals surface area (Å²) in [7, 11) is 0.935. The monoisotopic (exact) mass is 340 g/mol. The molecule has 1 aliphatic heterocycles. The van der Waals surface area contributed by atoms with E-state index in [4.69, 9.17) is 9.47 Å². The van der Waals surface area contributed by atoms with E-state index < -0.39 is 20.7 Å². The van der Waals surface area contributed by atoms with Crippen molar-refractivity contribution in [2.45, 2.75) is 17.6 Å². The van der Waals surface area contributed by atoms with Crippen molar-refractivity contribution in [3.63, 3.8) is 0 Å². The van der Waals surface area contributed by atoms with Gasteiger partial charge in [0.15, 0.2) is 16.2 Å². The van der Waals surface area contributed by atoms with Crippen LogP contribution in [0.2, 0.25) is 0 Å². The highest BCUT2D eigenvalue weighted by molar-refractivity contribution is 7.91. The fourth-order valence-corrected chi connectivity index (χ4v) is 5.38. The van der Waals surface area contributed by atoms with Gasteiger partial charge in [0.1, 0.15) is 0 Å². The average molecular weight is 340 g/mol. The molecule has 0 aromatic heterocycles. The van der Waals surface area contributed by atoms with Crippen LogP contribution in [0.15, 0.2) is 18.2 Å². The fraction of sp³-hybridized carbons (Fsp3) is 0.533. The van der Waals surface area contributed by atoms with Crippen molar-refractivity contribution in [1.82, 2.24) is 4.31 Å². The van der Waals surface area contributed by atoms with Crippen molar-refractivity contribution in [1.29, 1.82) is 0 Å². The van der Waals surface area contributed by atoms with Crippen molar-refractivity contribution < 1.29 is 22.7 Å². The quantitative estimate of drug-likeness (QED) is 0.886. The fourth-order valence-electron chi connectivity index (χ4n) is 3.24. The van der Waals surface area contributed by atoms with Crippen LogP contribution in [0.3, 0.4) is 0 Å². The standard InChI is InChI=1S/C15H20N2O5S/c1-17-7-6-10-9-15(10,23(17,19)20)14(18)16-11-4-5-12(21-2)13(8-11)22-3/h4-5,8,10H,6-7,9H2,1-3H3,(H,16,18)/t10-,15+/m1/s1. The molecule has 3 rings (SSSR count). The Morgan fingerprint density at radius 2 is 2.00 bits per heavy atom. The Hall–Kier alpha value is -1.80. The maximum absolute atomic E-state index is 12.7. The number of methoxy groups -OCH3 is 2. The summed E-state index contributed by atoms with van der Waals surface area (Å²) in [5.41, 5.74) is 0.483. The zero-order valence-electron chi connectivity index (χ0n) is 13.3. The summed E-state index contributed by atoms with van der Waals surface area (Å²) in [6, 6.07) is 4.94. The van der Waals surface area contributed by atoms with E-state index in [9.17, 15) is 13.2 Å². The number of carbonyl (C=O) groups excluding carboxylic acids is 1. The van der Waals surface area contributed by atoms with E-state index in [0.29, 0.717) is 30.2 Å². The molecule has 1 saturated heterocycles. The van der Waals surface area contributed by atoms with Crippen LogP contribution in [0.1, 0.15) is 12.8 Å². The number of carbonyl (C=O) groups is 1. The van der Waals surface area contributed by atoms with Gasteiger partial charge < -0.3 is 14.8 Å². The third-order valence-corrected chi connectivity index (χ3v) is 7.35. The number of sulfonamides is 1. The molecular weight excluding hydrogens is 320 g/mol. The Kier molecular flexibility index (Phi) is 3.76. The topological polar surface area (TPSA) is 84.9 Å². The van der Waals surface area contributed by atoms with Crippen LogP contribution in [0, 0.1) is 5.92 Å². The summed E-state index contributed by atoms with van der Waals surface area (Å²) < 4.78 is 35.4. The Morgan fingerprint density at radius 1 is 1.30 bits per heavy atom. The van der Waals surface area contributed by atoms with Crippen LogP contribution in [0.25, 0.3) is 0 Å². The summed E-state index contributed by atoms with van der Waals surface area (Å²) in [6.45, 7) is 0.471.